The average molecular weight is 451 g/mol. The van der Waals surface area contributed by atoms with Crippen molar-refractivity contribution in [2.75, 3.05) is 24.6 Å². The lowest BCUT2D eigenvalue weighted by Gasteiger charge is -2.09. The summed E-state index contributed by atoms with van der Waals surface area (Å²) in [7, 11) is 7.99. The van der Waals surface area contributed by atoms with Gasteiger partial charge in [0.1, 0.15) is 0 Å². The zero-order chi connectivity index (χ0) is 19.2. The average Bonchev–Trinajstić information content (AvgIpc) is 3.36. The van der Waals surface area contributed by atoms with E-state index < -0.39 is 0 Å². The van der Waals surface area contributed by atoms with E-state index in [0.29, 0.717) is 25.9 Å². The minimum absolute atomic E-state index is 0.151. The molecule has 0 aromatic rings. The van der Waals surface area contributed by atoms with Gasteiger partial charge in [0.05, 0.1) is 0 Å². The van der Waals surface area contributed by atoms with Gasteiger partial charge in [-0.1, -0.05) is 56.0 Å². The van der Waals surface area contributed by atoms with Crippen molar-refractivity contribution in [1.29, 1.82) is 0 Å². The maximum absolute atomic E-state index is 11.8. The second kappa shape index (κ2) is 15.2. The van der Waals surface area contributed by atoms with Gasteiger partial charge in [-0.25, -0.2) is 0 Å². The summed E-state index contributed by atoms with van der Waals surface area (Å²) in [5.74, 6) is 2.87. The van der Waals surface area contributed by atoms with E-state index in [2.05, 4.69) is 10.6 Å². The van der Waals surface area contributed by atoms with Gasteiger partial charge in [-0.05, 0) is 44.9 Å². The van der Waals surface area contributed by atoms with Crippen molar-refractivity contribution in [2.45, 2.75) is 81.1 Å². The van der Waals surface area contributed by atoms with Crippen molar-refractivity contribution in [3.63, 3.8) is 0 Å². The third kappa shape index (κ3) is 11.8. The van der Waals surface area contributed by atoms with Gasteiger partial charge in [-0.15, -0.1) is 0 Å². The number of hydrogen-bond acceptors (Lipinski definition) is 6. The molecule has 27 heavy (non-hydrogen) atoms. The molecule has 0 bridgehead atoms. The third-order valence-corrected chi connectivity index (χ3v) is 10.8. The normalized spacial score (nSPS) is 22.1. The van der Waals surface area contributed by atoms with E-state index >= 15 is 0 Å². The number of hydrogen-bond donors (Lipinski definition) is 2. The molecule has 156 valence electrons. The van der Waals surface area contributed by atoms with Gasteiger partial charge >= 0.3 is 0 Å². The van der Waals surface area contributed by atoms with Crippen LogP contribution in [0, 0.1) is 0 Å². The molecule has 0 unspecified atom stereocenters. The lowest BCUT2D eigenvalue weighted by Crippen LogP contribution is -2.29. The monoisotopic (exact) mass is 450 g/mol. The fourth-order valence-corrected chi connectivity index (χ4v) is 9.22. The molecule has 0 radical (unpaired) electrons. The second-order valence-electron chi connectivity index (χ2n) is 7.20. The minimum atomic E-state index is 0.151. The highest BCUT2D eigenvalue weighted by Gasteiger charge is 2.16. The van der Waals surface area contributed by atoms with E-state index in [1.165, 1.54) is 37.2 Å². The highest BCUT2D eigenvalue weighted by molar-refractivity contribution is 8.77. The van der Waals surface area contributed by atoms with Crippen molar-refractivity contribution in [3.05, 3.63) is 0 Å². The highest BCUT2D eigenvalue weighted by atomic mass is 33.1. The number of rotatable bonds is 14. The first kappa shape index (κ1) is 23.6. The second-order valence-corrected chi connectivity index (χ2v) is 12.8. The topological polar surface area (TPSA) is 58.2 Å². The third-order valence-electron chi connectivity index (χ3n) is 4.81. The van der Waals surface area contributed by atoms with E-state index in [1.807, 2.05) is 43.2 Å². The molecule has 0 aromatic heterocycles. The van der Waals surface area contributed by atoms with Crippen LogP contribution in [0.5, 0.6) is 0 Å². The molecule has 0 saturated carbocycles. The Labute approximate surface area is 180 Å². The molecule has 2 fully saturated rings. The Hall–Kier alpha value is 0.340. The lowest BCUT2D eigenvalue weighted by atomic mass is 10.1. The summed E-state index contributed by atoms with van der Waals surface area (Å²) in [5, 5.41) is 7.54. The molecule has 2 rings (SSSR count). The predicted octanol–water partition coefficient (Wildman–Crippen LogP) is 5.04. The number of carbonyl (C=O) groups is 2. The molecule has 2 aliphatic heterocycles. The summed E-state index contributed by atoms with van der Waals surface area (Å²) >= 11 is 0. The number of carbonyl (C=O) groups excluding carboxylic acids is 2. The Balaban J connectivity index is 1.32. The Bertz CT molecular complexity index is 390. The molecule has 0 aliphatic carbocycles. The van der Waals surface area contributed by atoms with Crippen LogP contribution in [-0.4, -0.2) is 46.9 Å². The predicted molar refractivity (Wildman–Crippen MR) is 124 cm³/mol. The van der Waals surface area contributed by atoms with Crippen LogP contribution in [0.2, 0.25) is 0 Å². The van der Waals surface area contributed by atoms with Crippen molar-refractivity contribution >= 4 is 55.0 Å². The molecule has 8 heteroatoms. The Morgan fingerprint density at radius 1 is 0.704 bits per heavy atom. The van der Waals surface area contributed by atoms with Crippen LogP contribution in [0.4, 0.5) is 0 Å². The maximum atomic E-state index is 11.8. The molecule has 2 saturated heterocycles. The van der Waals surface area contributed by atoms with Crippen LogP contribution in [0.3, 0.4) is 0 Å². The Morgan fingerprint density at radius 2 is 1.19 bits per heavy atom. The molecule has 2 atom stereocenters. The molecule has 0 spiro atoms. The van der Waals surface area contributed by atoms with Crippen LogP contribution in [-0.2, 0) is 9.59 Å². The highest BCUT2D eigenvalue weighted by Crippen LogP contribution is 2.40. The largest absolute Gasteiger partial charge is 0.356 e. The SMILES string of the molecule is O=C(CCCC[C@H]1CCSS1)NCCCNC(=O)CCCC[C@H]1CCSS1. The first-order valence-corrected chi connectivity index (χ1v) is 15.1. The number of unbranched alkanes of at least 4 members (excludes halogenated alkanes) is 2. The van der Waals surface area contributed by atoms with E-state index in [1.54, 1.807) is 0 Å². The van der Waals surface area contributed by atoms with Crippen LogP contribution in [0.1, 0.15) is 70.6 Å². The first-order chi connectivity index (χ1) is 13.2. The van der Waals surface area contributed by atoms with Crippen LogP contribution >= 0.6 is 43.2 Å². The molecule has 2 aliphatic rings. The van der Waals surface area contributed by atoms with Crippen molar-refractivity contribution < 1.29 is 9.59 Å². The molecule has 2 heterocycles. The zero-order valence-electron chi connectivity index (χ0n) is 16.2. The van der Waals surface area contributed by atoms with Gasteiger partial charge < -0.3 is 10.6 Å². The zero-order valence-corrected chi connectivity index (χ0v) is 19.5. The van der Waals surface area contributed by atoms with E-state index in [4.69, 9.17) is 0 Å². The van der Waals surface area contributed by atoms with Gasteiger partial charge in [0.15, 0.2) is 0 Å². The standard InChI is InChI=1S/C19H34N2O2S4/c22-18(8-3-1-6-16-10-14-24-26-16)20-12-5-13-21-19(23)9-4-2-7-17-11-15-25-27-17/h16-17H,1-15H2,(H,20,22)(H,21,23)/t16-,17-/m0/s1. The van der Waals surface area contributed by atoms with Gasteiger partial charge in [0.2, 0.25) is 11.8 Å². The molecular formula is C19H34N2O2S4. The van der Waals surface area contributed by atoms with Gasteiger partial charge in [0.25, 0.3) is 0 Å². The van der Waals surface area contributed by atoms with Crippen molar-refractivity contribution in [3.8, 4) is 0 Å². The quantitative estimate of drug-likeness (QED) is 0.286. The van der Waals surface area contributed by atoms with Crippen molar-refractivity contribution in [1.82, 2.24) is 10.6 Å². The smallest absolute Gasteiger partial charge is 0.219 e. The molecule has 2 amide bonds. The number of nitrogens with one attached hydrogen (secondary N) is 2. The summed E-state index contributed by atoms with van der Waals surface area (Å²) < 4.78 is 0. The summed E-state index contributed by atoms with van der Waals surface area (Å²) in [6.45, 7) is 1.32. The van der Waals surface area contributed by atoms with Gasteiger partial charge in [0, 0.05) is 47.9 Å². The molecular weight excluding hydrogens is 416 g/mol. The van der Waals surface area contributed by atoms with Gasteiger partial charge in [-0.2, -0.15) is 0 Å². The van der Waals surface area contributed by atoms with Gasteiger partial charge in [-0.3, -0.25) is 9.59 Å². The van der Waals surface area contributed by atoms with Crippen LogP contribution in [0.25, 0.3) is 0 Å². The Morgan fingerprint density at radius 3 is 1.59 bits per heavy atom. The lowest BCUT2D eigenvalue weighted by molar-refractivity contribution is -0.121. The first-order valence-electron chi connectivity index (χ1n) is 10.3. The van der Waals surface area contributed by atoms with Crippen molar-refractivity contribution in [2.24, 2.45) is 0 Å². The van der Waals surface area contributed by atoms with Crippen LogP contribution < -0.4 is 10.6 Å². The summed E-state index contributed by atoms with van der Waals surface area (Å²) in [5.41, 5.74) is 0. The van der Waals surface area contributed by atoms with E-state index in [0.717, 1.165) is 42.6 Å². The van der Waals surface area contributed by atoms with E-state index in [9.17, 15) is 9.59 Å². The fourth-order valence-electron chi connectivity index (χ4n) is 3.16. The molecule has 2 N–H and O–H groups in total. The summed E-state index contributed by atoms with van der Waals surface area (Å²) in [6, 6.07) is 0. The maximum Gasteiger partial charge on any atom is 0.219 e. The fraction of sp³-hybridized carbons (Fsp3) is 0.895. The van der Waals surface area contributed by atoms with E-state index in [-0.39, 0.29) is 11.8 Å². The summed E-state index contributed by atoms with van der Waals surface area (Å²) in [4.78, 5) is 23.6. The minimum Gasteiger partial charge on any atom is -0.356 e. The number of amides is 2. The molecule has 4 nitrogen and oxygen atoms in total. The Kier molecular flexibility index (Phi) is 13.3. The van der Waals surface area contributed by atoms with Crippen LogP contribution in [0.15, 0.2) is 0 Å². The molecule has 0 aromatic carbocycles. The summed E-state index contributed by atoms with van der Waals surface area (Å²) in [6.07, 6.45) is 11.5.